The average Bonchev–Trinajstić information content (AvgIpc) is 3.36. The largest absolute Gasteiger partial charge is 0.497 e. The molecule has 0 aliphatic heterocycles. The van der Waals surface area contributed by atoms with Crippen LogP contribution in [0.3, 0.4) is 0 Å². The fourth-order valence-corrected chi connectivity index (χ4v) is 6.11. The van der Waals surface area contributed by atoms with Crippen LogP contribution in [0.1, 0.15) is 37.3 Å². The van der Waals surface area contributed by atoms with Gasteiger partial charge in [0.05, 0.1) is 37.7 Å². The van der Waals surface area contributed by atoms with E-state index >= 15 is 0 Å². The van der Waals surface area contributed by atoms with Crippen LogP contribution in [0.2, 0.25) is 0 Å². The second-order valence-corrected chi connectivity index (χ2v) is 10.6. The summed E-state index contributed by atoms with van der Waals surface area (Å²) in [5.74, 6) is 1.59. The Morgan fingerprint density at radius 1 is 0.780 bits per heavy atom. The van der Waals surface area contributed by atoms with Crippen LogP contribution in [-0.2, 0) is 11.3 Å². The number of rotatable bonds is 8. The predicted octanol–water partition coefficient (Wildman–Crippen LogP) is 6.85. The number of benzene rings is 3. The molecule has 1 N–H and O–H groups in total. The molecule has 0 unspecified atom stereocenters. The zero-order valence-electron chi connectivity index (χ0n) is 23.8. The topological polar surface area (TPSA) is 74.3 Å². The molecule has 3 aromatic carbocycles. The van der Waals surface area contributed by atoms with Gasteiger partial charge in [-0.1, -0.05) is 42.5 Å². The normalized spacial score (nSPS) is 17.0. The molecule has 210 valence electrons. The standard InChI is InChI=1S/C34H36N4O3/c1-39-27-15-9-24(10-16-27)30-31-33(35)38(26-13-19-29(41-3)20-14-26)22-36-34(31)37(21-23-7-5-4-6-8-23)32(30)25-11-17-28(40-2)18-12-25/h4-12,15-18,22,26,29,35H,13-14,19-21H2,1-3H3/t26-,29-. The van der Waals surface area contributed by atoms with Crippen LogP contribution in [-0.4, -0.2) is 41.6 Å². The number of fused-ring (bicyclic) bond motifs is 1. The highest BCUT2D eigenvalue weighted by Crippen LogP contribution is 2.41. The first-order valence-electron chi connectivity index (χ1n) is 14.1. The van der Waals surface area contributed by atoms with E-state index in [0.29, 0.717) is 18.1 Å². The average molecular weight is 549 g/mol. The van der Waals surface area contributed by atoms with Gasteiger partial charge in [-0.3, -0.25) is 5.41 Å². The zero-order chi connectivity index (χ0) is 28.3. The molecule has 1 saturated carbocycles. The summed E-state index contributed by atoms with van der Waals surface area (Å²) >= 11 is 0. The summed E-state index contributed by atoms with van der Waals surface area (Å²) in [6.45, 7) is 0.629. The van der Waals surface area contributed by atoms with Crippen LogP contribution in [0.4, 0.5) is 0 Å². The molecule has 1 aliphatic carbocycles. The van der Waals surface area contributed by atoms with Crippen LogP contribution in [0.25, 0.3) is 33.4 Å². The van der Waals surface area contributed by atoms with E-state index in [9.17, 15) is 5.41 Å². The summed E-state index contributed by atoms with van der Waals surface area (Å²) in [4.78, 5) is 5.08. The maximum Gasteiger partial charge on any atom is 0.146 e. The SMILES string of the molecule is COc1ccc(-c2c(-c3ccc(OC)cc3)n(Cc3ccccc3)c3ncn([C@H]4CC[C@H](OC)CC4)c(=N)c23)cc1. The monoisotopic (exact) mass is 548 g/mol. The Labute approximate surface area is 240 Å². The predicted molar refractivity (Wildman–Crippen MR) is 161 cm³/mol. The molecule has 0 saturated heterocycles. The summed E-state index contributed by atoms with van der Waals surface area (Å²) in [7, 11) is 5.15. The fourth-order valence-electron chi connectivity index (χ4n) is 6.11. The number of aromatic nitrogens is 3. The minimum absolute atomic E-state index is 0.219. The van der Waals surface area contributed by atoms with Crippen molar-refractivity contribution in [3.8, 4) is 33.9 Å². The van der Waals surface area contributed by atoms with Crippen molar-refractivity contribution in [1.29, 1.82) is 5.41 Å². The van der Waals surface area contributed by atoms with E-state index in [2.05, 4.69) is 57.7 Å². The number of hydrogen-bond acceptors (Lipinski definition) is 5. The van der Waals surface area contributed by atoms with E-state index in [1.807, 2.05) is 36.7 Å². The molecule has 1 aliphatic rings. The van der Waals surface area contributed by atoms with Gasteiger partial charge < -0.3 is 23.3 Å². The van der Waals surface area contributed by atoms with Crippen molar-refractivity contribution in [3.63, 3.8) is 0 Å². The summed E-state index contributed by atoms with van der Waals surface area (Å²) in [5.41, 5.74) is 6.55. The lowest BCUT2D eigenvalue weighted by Gasteiger charge is -2.29. The molecule has 2 heterocycles. The number of ether oxygens (including phenoxy) is 3. The Kier molecular flexibility index (Phi) is 7.61. The Morgan fingerprint density at radius 3 is 1.98 bits per heavy atom. The van der Waals surface area contributed by atoms with Crippen molar-refractivity contribution in [2.45, 2.75) is 44.4 Å². The third kappa shape index (κ3) is 5.13. The van der Waals surface area contributed by atoms with Gasteiger partial charge in [0.15, 0.2) is 0 Å². The zero-order valence-corrected chi connectivity index (χ0v) is 23.8. The fraction of sp³-hybridized carbons (Fsp3) is 0.294. The molecule has 2 aromatic heterocycles. The first-order chi connectivity index (χ1) is 20.1. The van der Waals surface area contributed by atoms with Crippen LogP contribution in [0.15, 0.2) is 85.2 Å². The second kappa shape index (κ2) is 11.6. The van der Waals surface area contributed by atoms with Gasteiger partial charge in [-0.15, -0.1) is 0 Å². The lowest BCUT2D eigenvalue weighted by molar-refractivity contribution is 0.0577. The Bertz CT molecular complexity index is 1680. The number of hydrogen-bond donors (Lipinski definition) is 1. The molecule has 41 heavy (non-hydrogen) atoms. The Morgan fingerprint density at radius 2 is 1.39 bits per heavy atom. The van der Waals surface area contributed by atoms with Gasteiger partial charge in [-0.25, -0.2) is 4.98 Å². The number of nitrogens with zero attached hydrogens (tertiary/aromatic N) is 3. The summed E-state index contributed by atoms with van der Waals surface area (Å²) in [5, 5.41) is 10.4. The molecular formula is C34H36N4O3. The van der Waals surface area contributed by atoms with E-state index in [4.69, 9.17) is 19.2 Å². The van der Waals surface area contributed by atoms with Crippen LogP contribution >= 0.6 is 0 Å². The first-order valence-corrected chi connectivity index (χ1v) is 14.1. The van der Waals surface area contributed by atoms with Crippen LogP contribution in [0.5, 0.6) is 11.5 Å². The molecule has 0 amide bonds. The molecule has 1 fully saturated rings. The highest BCUT2D eigenvalue weighted by Gasteiger charge is 2.27. The molecule has 0 radical (unpaired) electrons. The molecule has 7 nitrogen and oxygen atoms in total. The van der Waals surface area contributed by atoms with Crippen molar-refractivity contribution in [2.75, 3.05) is 21.3 Å². The quantitative estimate of drug-likeness (QED) is 0.230. The maximum atomic E-state index is 9.59. The molecule has 6 rings (SSSR count). The smallest absolute Gasteiger partial charge is 0.146 e. The van der Waals surface area contributed by atoms with E-state index in [1.165, 1.54) is 5.56 Å². The van der Waals surface area contributed by atoms with E-state index in [1.54, 1.807) is 21.3 Å². The summed E-state index contributed by atoms with van der Waals surface area (Å²) in [6, 6.07) is 26.9. The minimum Gasteiger partial charge on any atom is -0.497 e. The number of nitrogens with one attached hydrogen (secondary N) is 1. The molecular weight excluding hydrogens is 512 g/mol. The molecule has 5 aromatic rings. The maximum absolute atomic E-state index is 9.59. The highest BCUT2D eigenvalue weighted by molar-refractivity contribution is 6.02. The van der Waals surface area contributed by atoms with Crippen LogP contribution in [0, 0.1) is 5.41 Å². The third-order valence-corrected chi connectivity index (χ3v) is 8.33. The number of methoxy groups -OCH3 is 3. The molecule has 0 bridgehead atoms. The second-order valence-electron chi connectivity index (χ2n) is 10.6. The lowest BCUT2D eigenvalue weighted by Crippen LogP contribution is -2.30. The third-order valence-electron chi connectivity index (χ3n) is 8.33. The molecule has 0 spiro atoms. The van der Waals surface area contributed by atoms with Gasteiger partial charge in [0.1, 0.15) is 22.6 Å². The molecule has 7 heteroatoms. The van der Waals surface area contributed by atoms with Gasteiger partial charge in [0, 0.05) is 25.3 Å². The Hall–Kier alpha value is -4.36. The van der Waals surface area contributed by atoms with Gasteiger partial charge in [0.25, 0.3) is 0 Å². The van der Waals surface area contributed by atoms with Gasteiger partial charge in [0.2, 0.25) is 0 Å². The van der Waals surface area contributed by atoms with Crippen molar-refractivity contribution in [1.82, 2.24) is 14.1 Å². The Balaban J connectivity index is 1.63. The van der Waals surface area contributed by atoms with Crippen molar-refractivity contribution in [3.05, 3.63) is 96.2 Å². The molecule has 0 atom stereocenters. The highest BCUT2D eigenvalue weighted by atomic mass is 16.5. The van der Waals surface area contributed by atoms with E-state index in [0.717, 1.165) is 70.6 Å². The van der Waals surface area contributed by atoms with Gasteiger partial charge >= 0.3 is 0 Å². The van der Waals surface area contributed by atoms with Crippen LogP contribution < -0.4 is 15.0 Å². The summed E-state index contributed by atoms with van der Waals surface area (Å²) in [6.07, 6.45) is 6.08. The van der Waals surface area contributed by atoms with Crippen molar-refractivity contribution in [2.24, 2.45) is 0 Å². The lowest BCUT2D eigenvalue weighted by atomic mass is 9.92. The van der Waals surface area contributed by atoms with Gasteiger partial charge in [-0.05, 0) is 78.8 Å². The van der Waals surface area contributed by atoms with Crippen molar-refractivity contribution < 1.29 is 14.2 Å². The summed E-state index contributed by atoms with van der Waals surface area (Å²) < 4.78 is 20.9. The first kappa shape index (κ1) is 26.8. The van der Waals surface area contributed by atoms with Gasteiger partial charge in [-0.2, -0.15) is 0 Å². The van der Waals surface area contributed by atoms with E-state index in [-0.39, 0.29) is 6.04 Å². The minimum atomic E-state index is 0.219. The van der Waals surface area contributed by atoms with Crippen molar-refractivity contribution >= 4 is 11.0 Å². The van der Waals surface area contributed by atoms with E-state index < -0.39 is 0 Å².